The maximum absolute atomic E-state index is 12.9. The molecule has 10 nitrogen and oxygen atoms in total. The van der Waals surface area contributed by atoms with Crippen LogP contribution in [-0.2, 0) is 22.2 Å². The van der Waals surface area contributed by atoms with Crippen molar-refractivity contribution in [1.29, 1.82) is 5.26 Å². The lowest BCUT2D eigenvalue weighted by atomic mass is 10.0. The number of hydrogen-bond donors (Lipinski definition) is 3. The normalized spacial score (nSPS) is 14.1. The standard InChI is InChI=1S/C27H30N4O6S/c1-16-5-7-19(8-6-16)25-24(26(34)29-2)21-13-20(18-9-10-18)22(30-27(21)37-25)15-31(38(35)36)11-3-4-17(14-28)12-23(32)33/h5-8,13,17-18,38H,3-4,9-12,15H2,1-2H3,(H,29,34)(H,32,33). The van der Waals surface area contributed by atoms with Crippen molar-refractivity contribution >= 4 is 33.9 Å². The SMILES string of the molecule is CNC(=O)c1c(-c2ccc(C)cc2)oc2nc(CN(CCCC(C#N)CC(=O)O)[SH](=O)=O)c(C3CC3)cc12. The van der Waals surface area contributed by atoms with Crippen LogP contribution in [0.3, 0.4) is 0 Å². The Kier molecular flexibility index (Phi) is 8.44. The van der Waals surface area contributed by atoms with Crippen molar-refractivity contribution in [2.45, 2.75) is 51.5 Å². The molecule has 0 aliphatic heterocycles. The second-order valence-electron chi connectivity index (χ2n) is 9.59. The van der Waals surface area contributed by atoms with Crippen LogP contribution in [0.1, 0.15) is 65.2 Å². The zero-order valence-corrected chi connectivity index (χ0v) is 22.2. The van der Waals surface area contributed by atoms with Crippen molar-refractivity contribution in [2.24, 2.45) is 5.92 Å². The van der Waals surface area contributed by atoms with Crippen molar-refractivity contribution in [3.8, 4) is 17.4 Å². The predicted octanol–water partition coefficient (Wildman–Crippen LogP) is 3.76. The molecule has 1 amide bonds. The van der Waals surface area contributed by atoms with Gasteiger partial charge in [-0.2, -0.15) is 9.57 Å². The molecule has 200 valence electrons. The number of amides is 1. The molecule has 0 radical (unpaired) electrons. The van der Waals surface area contributed by atoms with E-state index in [0.717, 1.165) is 29.5 Å². The lowest BCUT2D eigenvalue weighted by Crippen LogP contribution is -2.24. The largest absolute Gasteiger partial charge is 0.481 e. The van der Waals surface area contributed by atoms with Crippen molar-refractivity contribution in [2.75, 3.05) is 13.6 Å². The van der Waals surface area contributed by atoms with E-state index in [-0.39, 0.29) is 43.5 Å². The molecule has 0 bridgehead atoms. The topological polar surface area (TPSA) is 154 Å². The van der Waals surface area contributed by atoms with Crippen LogP contribution in [0.2, 0.25) is 0 Å². The average Bonchev–Trinajstić information content (AvgIpc) is 3.67. The second kappa shape index (κ2) is 11.8. The molecule has 38 heavy (non-hydrogen) atoms. The predicted molar refractivity (Wildman–Crippen MR) is 141 cm³/mol. The fourth-order valence-electron chi connectivity index (χ4n) is 4.54. The molecule has 2 aromatic heterocycles. The Morgan fingerprint density at radius 2 is 2.00 bits per heavy atom. The first-order valence-corrected chi connectivity index (χ1v) is 13.6. The number of pyridine rings is 1. The average molecular weight is 539 g/mol. The van der Waals surface area contributed by atoms with Crippen LogP contribution in [0, 0.1) is 24.2 Å². The number of aryl methyl sites for hydroxylation is 1. The van der Waals surface area contributed by atoms with Crippen LogP contribution in [0.5, 0.6) is 0 Å². The third kappa shape index (κ3) is 6.20. The summed E-state index contributed by atoms with van der Waals surface area (Å²) in [6.45, 7) is 2.13. The molecule has 2 heterocycles. The number of nitriles is 1. The van der Waals surface area contributed by atoms with Crippen LogP contribution in [0.25, 0.3) is 22.4 Å². The zero-order valence-electron chi connectivity index (χ0n) is 21.3. The number of carboxylic acids is 1. The minimum Gasteiger partial charge on any atom is -0.481 e. The first-order valence-electron chi connectivity index (χ1n) is 12.5. The van der Waals surface area contributed by atoms with E-state index in [9.17, 15) is 23.3 Å². The monoisotopic (exact) mass is 538 g/mol. The number of nitrogens with one attached hydrogen (secondary N) is 1. The van der Waals surface area contributed by atoms with Gasteiger partial charge in [0.2, 0.25) is 16.6 Å². The Morgan fingerprint density at radius 3 is 2.58 bits per heavy atom. The molecular formula is C27H30N4O6S. The highest BCUT2D eigenvalue weighted by Gasteiger charge is 2.31. The van der Waals surface area contributed by atoms with E-state index in [2.05, 4.69) is 5.32 Å². The molecule has 0 spiro atoms. The first kappa shape index (κ1) is 27.3. The number of hydrogen-bond acceptors (Lipinski definition) is 7. The van der Waals surface area contributed by atoms with Crippen molar-refractivity contribution in [3.05, 3.63) is 52.7 Å². The lowest BCUT2D eigenvalue weighted by molar-refractivity contribution is -0.137. The number of fused-ring (bicyclic) bond motifs is 1. The van der Waals surface area contributed by atoms with Crippen molar-refractivity contribution < 1.29 is 27.5 Å². The molecule has 1 saturated carbocycles. The molecule has 1 fully saturated rings. The fourth-order valence-corrected chi connectivity index (χ4v) is 5.10. The molecule has 1 atom stereocenters. The minimum atomic E-state index is -2.95. The van der Waals surface area contributed by atoms with E-state index in [1.165, 1.54) is 4.31 Å². The third-order valence-corrected chi connectivity index (χ3v) is 7.52. The number of rotatable bonds is 12. The number of benzene rings is 1. The summed E-state index contributed by atoms with van der Waals surface area (Å²) in [6, 6.07) is 11.5. The Hall–Kier alpha value is -3.75. The lowest BCUT2D eigenvalue weighted by Gasteiger charge is -2.17. The third-order valence-electron chi connectivity index (χ3n) is 6.72. The summed E-state index contributed by atoms with van der Waals surface area (Å²) in [7, 11) is -1.39. The van der Waals surface area contributed by atoms with Gasteiger partial charge in [-0.1, -0.05) is 29.8 Å². The van der Waals surface area contributed by atoms with Crippen LogP contribution in [0.15, 0.2) is 34.7 Å². The van der Waals surface area contributed by atoms with Gasteiger partial charge in [0.15, 0.2) is 0 Å². The zero-order chi connectivity index (χ0) is 27.4. The maximum atomic E-state index is 12.9. The summed E-state index contributed by atoms with van der Waals surface area (Å²) in [4.78, 5) is 28.6. The molecular weight excluding hydrogens is 508 g/mol. The summed E-state index contributed by atoms with van der Waals surface area (Å²) in [5, 5.41) is 21.4. The minimum absolute atomic E-state index is 0.0203. The molecule has 3 aromatic rings. The van der Waals surface area contributed by atoms with Gasteiger partial charge >= 0.3 is 5.97 Å². The number of thiol groups is 1. The van der Waals surface area contributed by atoms with E-state index >= 15 is 0 Å². The summed E-state index contributed by atoms with van der Waals surface area (Å²) in [5.74, 6) is -1.41. The summed E-state index contributed by atoms with van der Waals surface area (Å²) < 4.78 is 31.5. The summed E-state index contributed by atoms with van der Waals surface area (Å²) in [5.41, 5.74) is 3.90. The Morgan fingerprint density at radius 1 is 1.29 bits per heavy atom. The fraction of sp³-hybridized carbons (Fsp3) is 0.407. The first-order chi connectivity index (χ1) is 18.2. The Balaban J connectivity index is 1.68. The van der Waals surface area contributed by atoms with Crippen LogP contribution in [-0.4, -0.2) is 48.3 Å². The number of aromatic nitrogens is 1. The van der Waals surface area contributed by atoms with E-state index in [1.54, 1.807) is 7.05 Å². The number of furan rings is 1. The van der Waals surface area contributed by atoms with Crippen molar-refractivity contribution in [1.82, 2.24) is 14.6 Å². The van der Waals surface area contributed by atoms with Gasteiger partial charge in [-0.05, 0) is 50.2 Å². The van der Waals surface area contributed by atoms with Gasteiger partial charge in [0, 0.05) is 19.2 Å². The van der Waals surface area contributed by atoms with Gasteiger partial charge < -0.3 is 14.8 Å². The van der Waals surface area contributed by atoms with E-state index in [1.807, 2.05) is 43.3 Å². The molecule has 1 aromatic carbocycles. The quantitative estimate of drug-likeness (QED) is 0.295. The van der Waals surface area contributed by atoms with E-state index in [0.29, 0.717) is 28.8 Å². The van der Waals surface area contributed by atoms with Gasteiger partial charge in [-0.25, -0.2) is 13.4 Å². The maximum Gasteiger partial charge on any atom is 0.304 e. The number of carbonyl (C=O) groups excluding carboxylic acids is 1. The van der Waals surface area contributed by atoms with E-state index in [4.69, 9.17) is 14.5 Å². The molecule has 2 N–H and O–H groups in total. The smallest absolute Gasteiger partial charge is 0.304 e. The highest BCUT2D eigenvalue weighted by molar-refractivity contribution is 7.69. The molecule has 0 saturated heterocycles. The van der Waals surface area contributed by atoms with Gasteiger partial charge in [-0.15, -0.1) is 0 Å². The van der Waals surface area contributed by atoms with Crippen LogP contribution >= 0.6 is 0 Å². The Bertz CT molecular complexity index is 1460. The molecule has 1 unspecified atom stereocenters. The van der Waals surface area contributed by atoms with Crippen LogP contribution in [0.4, 0.5) is 0 Å². The van der Waals surface area contributed by atoms with E-state index < -0.39 is 22.8 Å². The summed E-state index contributed by atoms with van der Waals surface area (Å²) in [6.07, 6.45) is 2.23. The highest BCUT2D eigenvalue weighted by atomic mass is 32.2. The van der Waals surface area contributed by atoms with Gasteiger partial charge in [0.05, 0.1) is 41.6 Å². The van der Waals surface area contributed by atoms with Crippen LogP contribution < -0.4 is 5.32 Å². The highest BCUT2D eigenvalue weighted by Crippen LogP contribution is 2.44. The number of carbonyl (C=O) groups is 2. The number of carboxylic acid groups (broad SMARTS) is 1. The number of nitrogens with zero attached hydrogens (tertiary/aromatic N) is 3. The second-order valence-corrected chi connectivity index (χ2v) is 10.6. The number of aliphatic carboxylic acids is 1. The molecule has 1 aliphatic carbocycles. The Labute approximate surface area is 222 Å². The molecule has 11 heteroatoms. The molecule has 4 rings (SSSR count). The van der Waals surface area contributed by atoms with Crippen molar-refractivity contribution in [3.63, 3.8) is 0 Å². The van der Waals surface area contributed by atoms with Gasteiger partial charge in [0.25, 0.3) is 5.91 Å². The van der Waals surface area contributed by atoms with Gasteiger partial charge in [0.1, 0.15) is 5.76 Å². The van der Waals surface area contributed by atoms with Gasteiger partial charge in [-0.3, -0.25) is 9.59 Å². The summed E-state index contributed by atoms with van der Waals surface area (Å²) >= 11 is 0. The molecule has 1 aliphatic rings.